The van der Waals surface area contributed by atoms with E-state index in [-0.39, 0.29) is 18.2 Å². The number of nitrogens with zero attached hydrogens (tertiary/aromatic N) is 2. The van der Waals surface area contributed by atoms with Crippen molar-refractivity contribution in [2.24, 2.45) is 5.41 Å². The average molecular weight is 525 g/mol. The van der Waals surface area contributed by atoms with Crippen LogP contribution in [0.3, 0.4) is 0 Å². The van der Waals surface area contributed by atoms with Gasteiger partial charge in [-0.15, -0.1) is 0 Å². The Balaban J connectivity index is 1.53. The molecule has 2 amide bonds. The van der Waals surface area contributed by atoms with Crippen molar-refractivity contribution in [3.05, 3.63) is 100 Å². The van der Waals surface area contributed by atoms with Gasteiger partial charge < -0.3 is 14.5 Å². The lowest BCUT2D eigenvalue weighted by Crippen LogP contribution is -2.50. The van der Waals surface area contributed by atoms with Crippen LogP contribution in [0.4, 0.5) is 0 Å². The minimum absolute atomic E-state index is 0.0272. The van der Waals surface area contributed by atoms with Crippen LogP contribution in [0.1, 0.15) is 35.2 Å². The minimum atomic E-state index is -0.512. The van der Waals surface area contributed by atoms with Crippen molar-refractivity contribution >= 4 is 35.0 Å². The van der Waals surface area contributed by atoms with Gasteiger partial charge in [0.1, 0.15) is 5.75 Å². The third kappa shape index (κ3) is 6.59. The second-order valence-corrected chi connectivity index (χ2v) is 10.3. The molecule has 0 bridgehead atoms. The molecule has 188 valence electrons. The van der Waals surface area contributed by atoms with E-state index < -0.39 is 5.41 Å². The third-order valence-electron chi connectivity index (χ3n) is 6.62. The number of carbonyl (C=O) groups is 2. The van der Waals surface area contributed by atoms with Crippen molar-refractivity contribution in [1.82, 2.24) is 9.80 Å². The van der Waals surface area contributed by atoms with Gasteiger partial charge in [0.25, 0.3) is 5.91 Å². The SMILES string of the molecule is CN(Cc1ccccc1)C(=O)C[C@@]1(COc2ccccc2)CCCN(C(=O)c2ccc(Cl)c(Cl)c2)C1. The smallest absolute Gasteiger partial charge is 0.253 e. The Hall–Kier alpha value is -3.02. The number of hydrogen-bond acceptors (Lipinski definition) is 3. The molecule has 1 atom stereocenters. The summed E-state index contributed by atoms with van der Waals surface area (Å²) < 4.78 is 6.17. The largest absolute Gasteiger partial charge is 0.493 e. The summed E-state index contributed by atoms with van der Waals surface area (Å²) >= 11 is 12.2. The normalized spacial score (nSPS) is 17.5. The van der Waals surface area contributed by atoms with E-state index in [4.69, 9.17) is 27.9 Å². The van der Waals surface area contributed by atoms with Gasteiger partial charge in [0.2, 0.25) is 5.91 Å². The monoisotopic (exact) mass is 524 g/mol. The molecular formula is C29H30Cl2N2O3. The fourth-order valence-corrected chi connectivity index (χ4v) is 4.96. The molecule has 0 radical (unpaired) electrons. The van der Waals surface area contributed by atoms with Gasteiger partial charge in [0, 0.05) is 44.1 Å². The summed E-state index contributed by atoms with van der Waals surface area (Å²) in [5.41, 5.74) is 1.04. The first-order chi connectivity index (χ1) is 17.3. The number of rotatable bonds is 8. The zero-order chi connectivity index (χ0) is 25.5. The maximum absolute atomic E-state index is 13.4. The molecule has 0 saturated carbocycles. The summed E-state index contributed by atoms with van der Waals surface area (Å²) in [4.78, 5) is 30.3. The lowest BCUT2D eigenvalue weighted by Gasteiger charge is -2.43. The van der Waals surface area contributed by atoms with Gasteiger partial charge in [0.05, 0.1) is 16.7 Å². The zero-order valence-corrected chi connectivity index (χ0v) is 21.8. The molecule has 36 heavy (non-hydrogen) atoms. The molecule has 1 aliphatic rings. The van der Waals surface area contributed by atoms with E-state index in [0.717, 1.165) is 24.2 Å². The van der Waals surface area contributed by atoms with E-state index in [1.54, 1.807) is 23.1 Å². The number of amides is 2. The Kier molecular flexibility index (Phi) is 8.55. The van der Waals surface area contributed by atoms with Crippen molar-refractivity contribution in [3.63, 3.8) is 0 Å². The predicted octanol–water partition coefficient (Wildman–Crippen LogP) is 6.34. The van der Waals surface area contributed by atoms with Crippen LogP contribution in [0.15, 0.2) is 78.9 Å². The molecule has 7 heteroatoms. The van der Waals surface area contributed by atoms with E-state index in [9.17, 15) is 9.59 Å². The molecule has 1 heterocycles. The first-order valence-corrected chi connectivity index (χ1v) is 12.8. The van der Waals surface area contributed by atoms with Crippen molar-refractivity contribution in [2.45, 2.75) is 25.8 Å². The number of hydrogen-bond donors (Lipinski definition) is 0. The molecule has 0 aliphatic carbocycles. The molecule has 1 saturated heterocycles. The van der Waals surface area contributed by atoms with Crippen LogP contribution < -0.4 is 4.74 Å². The van der Waals surface area contributed by atoms with E-state index in [2.05, 4.69) is 0 Å². The predicted molar refractivity (Wildman–Crippen MR) is 144 cm³/mol. The van der Waals surface area contributed by atoms with Crippen molar-refractivity contribution in [1.29, 1.82) is 0 Å². The Bertz CT molecular complexity index is 1190. The lowest BCUT2D eigenvalue weighted by atomic mass is 9.77. The molecule has 5 nitrogen and oxygen atoms in total. The van der Waals surface area contributed by atoms with Crippen LogP contribution in [0.5, 0.6) is 5.75 Å². The molecule has 0 aromatic heterocycles. The van der Waals surface area contributed by atoms with E-state index in [1.807, 2.05) is 72.6 Å². The number of piperidine rings is 1. The molecule has 1 aliphatic heterocycles. The fourth-order valence-electron chi connectivity index (χ4n) is 4.66. The summed E-state index contributed by atoms with van der Waals surface area (Å²) in [5, 5.41) is 0.750. The van der Waals surface area contributed by atoms with Crippen LogP contribution in [0.25, 0.3) is 0 Å². The highest BCUT2D eigenvalue weighted by Gasteiger charge is 2.40. The summed E-state index contributed by atoms with van der Waals surface area (Å²) in [5.74, 6) is 0.650. The maximum Gasteiger partial charge on any atom is 0.253 e. The van der Waals surface area contributed by atoms with Gasteiger partial charge in [0.15, 0.2) is 0 Å². The quantitative estimate of drug-likeness (QED) is 0.345. The van der Waals surface area contributed by atoms with E-state index in [0.29, 0.717) is 41.8 Å². The van der Waals surface area contributed by atoms with Gasteiger partial charge in [-0.2, -0.15) is 0 Å². The summed E-state index contributed by atoms with van der Waals surface area (Å²) in [6.45, 7) is 1.90. The van der Waals surface area contributed by atoms with Crippen LogP contribution in [0.2, 0.25) is 10.0 Å². The third-order valence-corrected chi connectivity index (χ3v) is 7.36. The first-order valence-electron chi connectivity index (χ1n) is 12.1. The average Bonchev–Trinajstić information content (AvgIpc) is 2.90. The van der Waals surface area contributed by atoms with Crippen molar-refractivity contribution in [2.75, 3.05) is 26.7 Å². The molecule has 0 unspecified atom stereocenters. The molecule has 4 rings (SSSR count). The minimum Gasteiger partial charge on any atom is -0.493 e. The Morgan fingerprint density at radius 3 is 2.36 bits per heavy atom. The van der Waals surface area contributed by atoms with Crippen LogP contribution in [0, 0.1) is 5.41 Å². The Morgan fingerprint density at radius 1 is 0.972 bits per heavy atom. The van der Waals surface area contributed by atoms with Gasteiger partial charge in [-0.3, -0.25) is 9.59 Å². The van der Waals surface area contributed by atoms with Gasteiger partial charge >= 0.3 is 0 Å². The summed E-state index contributed by atoms with van der Waals surface area (Å²) in [7, 11) is 1.82. The molecule has 3 aromatic carbocycles. The van der Waals surface area contributed by atoms with Gasteiger partial charge in [-0.05, 0) is 48.7 Å². The van der Waals surface area contributed by atoms with Crippen LogP contribution in [-0.2, 0) is 11.3 Å². The molecule has 3 aromatic rings. The highest BCUT2D eigenvalue weighted by molar-refractivity contribution is 6.42. The standard InChI is InChI=1S/C29H30Cl2N2O3/c1-32(19-22-9-4-2-5-10-22)27(34)18-29(21-36-24-11-6-3-7-12-24)15-8-16-33(20-29)28(35)23-13-14-25(30)26(31)17-23/h2-7,9-14,17H,8,15-16,18-21H2,1H3/t29-/m0/s1. The van der Waals surface area contributed by atoms with Crippen LogP contribution in [-0.4, -0.2) is 48.4 Å². The van der Waals surface area contributed by atoms with Crippen LogP contribution >= 0.6 is 23.2 Å². The Morgan fingerprint density at radius 2 is 1.67 bits per heavy atom. The van der Waals surface area contributed by atoms with E-state index in [1.165, 1.54) is 0 Å². The second-order valence-electron chi connectivity index (χ2n) is 9.47. The summed E-state index contributed by atoms with van der Waals surface area (Å²) in [6, 6.07) is 24.4. The number of ether oxygens (including phenoxy) is 1. The van der Waals surface area contributed by atoms with E-state index >= 15 is 0 Å². The fraction of sp³-hybridized carbons (Fsp3) is 0.310. The number of likely N-dealkylation sites (tertiary alicyclic amines) is 1. The Labute approximate surface area is 222 Å². The van der Waals surface area contributed by atoms with Crippen molar-refractivity contribution in [3.8, 4) is 5.75 Å². The number of carbonyl (C=O) groups excluding carboxylic acids is 2. The highest BCUT2D eigenvalue weighted by atomic mass is 35.5. The maximum atomic E-state index is 13.4. The van der Waals surface area contributed by atoms with Gasteiger partial charge in [-0.25, -0.2) is 0 Å². The lowest BCUT2D eigenvalue weighted by molar-refractivity contribution is -0.134. The second kappa shape index (κ2) is 11.8. The van der Waals surface area contributed by atoms with Crippen molar-refractivity contribution < 1.29 is 14.3 Å². The number of benzene rings is 3. The molecule has 0 spiro atoms. The molecule has 1 fully saturated rings. The topological polar surface area (TPSA) is 49.9 Å². The highest BCUT2D eigenvalue weighted by Crippen LogP contribution is 2.36. The summed E-state index contributed by atoms with van der Waals surface area (Å²) in [6.07, 6.45) is 1.85. The first kappa shape index (κ1) is 26.1. The van der Waals surface area contributed by atoms with Gasteiger partial charge in [-0.1, -0.05) is 71.7 Å². The zero-order valence-electron chi connectivity index (χ0n) is 20.3. The number of halogens is 2. The molecular weight excluding hydrogens is 495 g/mol. The molecule has 0 N–H and O–H groups in total. The number of para-hydroxylation sites is 1.